The number of para-hydroxylation sites is 2. The molecule has 1 heterocycles. The zero-order chi connectivity index (χ0) is 20.9. The van der Waals surface area contributed by atoms with Gasteiger partial charge in [0.05, 0.1) is 0 Å². The summed E-state index contributed by atoms with van der Waals surface area (Å²) in [7, 11) is 0. The summed E-state index contributed by atoms with van der Waals surface area (Å²) < 4.78 is 0. The highest BCUT2D eigenvalue weighted by atomic mass is 16.1. The van der Waals surface area contributed by atoms with Gasteiger partial charge in [-0.25, -0.2) is 0 Å². The number of primary amides is 1. The lowest BCUT2D eigenvalue weighted by Gasteiger charge is -2.26. The minimum absolute atomic E-state index is 0.454. The summed E-state index contributed by atoms with van der Waals surface area (Å²) in [5.74, 6) is 0.00826. The molecule has 30 heavy (non-hydrogen) atoms. The maximum atomic E-state index is 11.2. The standard InChI is InChI=1S/C25H24N4O/c26-24(20-12-14-21(15-13-20)25(27)30)28-16-5-17-29-22-8-3-1-6-18(22)10-11-19-7-2-4-9-23(19)29/h1-4,6-15H,5,16-17H2,(H2,26,28)(H2,27,30). The number of anilines is 2. The molecule has 150 valence electrons. The quantitative estimate of drug-likeness (QED) is 0.372. The summed E-state index contributed by atoms with van der Waals surface area (Å²) in [6.07, 6.45) is 5.18. The number of amides is 1. The fraction of sp³-hybridized carbons (Fsp3) is 0.120. The fourth-order valence-electron chi connectivity index (χ4n) is 3.62. The SMILES string of the molecule is NC(=O)c1ccc(C(N)=NCCCN2c3ccccc3C=Cc3ccccc32)cc1. The van der Waals surface area contributed by atoms with Crippen LogP contribution in [0, 0.1) is 0 Å². The van der Waals surface area contributed by atoms with Gasteiger partial charge in [0.1, 0.15) is 5.84 Å². The highest BCUT2D eigenvalue weighted by Crippen LogP contribution is 2.36. The van der Waals surface area contributed by atoms with Crippen LogP contribution < -0.4 is 16.4 Å². The Morgan fingerprint density at radius 3 is 1.87 bits per heavy atom. The predicted molar refractivity (Wildman–Crippen MR) is 124 cm³/mol. The summed E-state index contributed by atoms with van der Waals surface area (Å²) in [5.41, 5.74) is 17.4. The zero-order valence-electron chi connectivity index (χ0n) is 16.7. The number of carbonyl (C=O) groups excluding carboxylic acids is 1. The molecule has 0 aliphatic carbocycles. The summed E-state index contributed by atoms with van der Waals surface area (Å²) in [6.45, 7) is 1.44. The number of hydrogen-bond donors (Lipinski definition) is 2. The Hall–Kier alpha value is -3.86. The Bertz CT molecular complexity index is 1070. The van der Waals surface area contributed by atoms with E-state index in [2.05, 4.69) is 70.6 Å². The third-order valence-electron chi connectivity index (χ3n) is 5.18. The number of amidine groups is 1. The molecule has 3 aromatic rings. The molecule has 1 aliphatic heterocycles. The number of nitrogens with zero attached hydrogens (tertiary/aromatic N) is 2. The van der Waals surface area contributed by atoms with Gasteiger partial charge in [-0.3, -0.25) is 9.79 Å². The van der Waals surface area contributed by atoms with E-state index >= 15 is 0 Å². The molecule has 4 N–H and O–H groups in total. The zero-order valence-corrected chi connectivity index (χ0v) is 16.7. The van der Waals surface area contributed by atoms with Gasteiger partial charge in [0.15, 0.2) is 0 Å². The van der Waals surface area contributed by atoms with Crippen LogP contribution in [-0.2, 0) is 0 Å². The Balaban J connectivity index is 1.48. The van der Waals surface area contributed by atoms with Crippen molar-refractivity contribution in [3.05, 3.63) is 95.1 Å². The number of hydrogen-bond acceptors (Lipinski definition) is 3. The number of rotatable bonds is 6. The van der Waals surface area contributed by atoms with Crippen LogP contribution >= 0.6 is 0 Å². The van der Waals surface area contributed by atoms with Crippen molar-refractivity contribution < 1.29 is 4.79 Å². The summed E-state index contributed by atoms with van der Waals surface area (Å²) in [5, 5.41) is 0. The number of carbonyl (C=O) groups is 1. The van der Waals surface area contributed by atoms with E-state index in [1.807, 2.05) is 0 Å². The molecular formula is C25H24N4O. The third-order valence-corrected chi connectivity index (χ3v) is 5.18. The van der Waals surface area contributed by atoms with E-state index in [9.17, 15) is 4.79 Å². The number of fused-ring (bicyclic) bond motifs is 2. The van der Waals surface area contributed by atoms with Crippen LogP contribution in [0.25, 0.3) is 12.2 Å². The first-order chi connectivity index (χ1) is 14.6. The third kappa shape index (κ3) is 4.10. The molecule has 0 atom stereocenters. The molecule has 0 saturated carbocycles. The van der Waals surface area contributed by atoms with Crippen molar-refractivity contribution in [1.29, 1.82) is 0 Å². The number of benzene rings is 3. The molecule has 0 bridgehead atoms. The Labute approximate surface area is 176 Å². The van der Waals surface area contributed by atoms with Crippen molar-refractivity contribution in [2.45, 2.75) is 6.42 Å². The van der Waals surface area contributed by atoms with Crippen LogP contribution in [0.15, 0.2) is 77.8 Å². The molecule has 5 nitrogen and oxygen atoms in total. The Morgan fingerprint density at radius 2 is 1.30 bits per heavy atom. The lowest BCUT2D eigenvalue weighted by molar-refractivity contribution is 0.100. The smallest absolute Gasteiger partial charge is 0.248 e. The van der Waals surface area contributed by atoms with Gasteiger partial charge in [-0.15, -0.1) is 0 Å². The molecule has 3 aromatic carbocycles. The van der Waals surface area contributed by atoms with Crippen LogP contribution in [-0.4, -0.2) is 24.8 Å². The molecular weight excluding hydrogens is 372 g/mol. The average Bonchev–Trinajstić information content (AvgIpc) is 2.94. The first-order valence-electron chi connectivity index (χ1n) is 9.97. The highest BCUT2D eigenvalue weighted by molar-refractivity contribution is 5.99. The Morgan fingerprint density at radius 1 is 0.767 bits per heavy atom. The minimum Gasteiger partial charge on any atom is -0.384 e. The topological polar surface area (TPSA) is 84.7 Å². The van der Waals surface area contributed by atoms with Crippen molar-refractivity contribution in [2.24, 2.45) is 16.5 Å². The summed E-state index contributed by atoms with van der Waals surface area (Å²) >= 11 is 0. The molecule has 5 heteroatoms. The molecule has 1 aliphatic rings. The molecule has 0 fully saturated rings. The monoisotopic (exact) mass is 396 g/mol. The first-order valence-corrected chi connectivity index (χ1v) is 9.97. The number of aliphatic imine (C=N–C) groups is 1. The maximum absolute atomic E-state index is 11.2. The lowest BCUT2D eigenvalue weighted by Crippen LogP contribution is -2.21. The van der Waals surface area contributed by atoms with Gasteiger partial charge in [0.2, 0.25) is 5.91 Å². The van der Waals surface area contributed by atoms with Crippen LogP contribution in [0.2, 0.25) is 0 Å². The van der Waals surface area contributed by atoms with Gasteiger partial charge in [-0.05, 0) is 41.8 Å². The van der Waals surface area contributed by atoms with Gasteiger partial charge >= 0.3 is 0 Å². The normalized spacial score (nSPS) is 12.8. The second-order valence-electron chi connectivity index (χ2n) is 7.16. The molecule has 1 amide bonds. The molecule has 0 aromatic heterocycles. The van der Waals surface area contributed by atoms with Gasteiger partial charge in [0, 0.05) is 35.6 Å². The van der Waals surface area contributed by atoms with E-state index in [1.165, 1.54) is 22.5 Å². The summed E-state index contributed by atoms with van der Waals surface area (Å²) in [4.78, 5) is 18.1. The van der Waals surface area contributed by atoms with Gasteiger partial charge in [-0.1, -0.05) is 60.7 Å². The van der Waals surface area contributed by atoms with E-state index in [0.29, 0.717) is 17.9 Å². The molecule has 0 radical (unpaired) electrons. The van der Waals surface area contributed by atoms with Crippen molar-refractivity contribution in [2.75, 3.05) is 18.0 Å². The largest absolute Gasteiger partial charge is 0.384 e. The van der Waals surface area contributed by atoms with E-state index in [-0.39, 0.29) is 0 Å². The fourth-order valence-corrected chi connectivity index (χ4v) is 3.62. The van der Waals surface area contributed by atoms with Crippen LogP contribution in [0.3, 0.4) is 0 Å². The van der Waals surface area contributed by atoms with E-state index < -0.39 is 5.91 Å². The van der Waals surface area contributed by atoms with Gasteiger partial charge < -0.3 is 16.4 Å². The van der Waals surface area contributed by atoms with Crippen molar-refractivity contribution in [1.82, 2.24) is 0 Å². The highest BCUT2D eigenvalue weighted by Gasteiger charge is 2.16. The molecule has 0 spiro atoms. The average molecular weight is 396 g/mol. The molecule has 0 saturated heterocycles. The second kappa shape index (κ2) is 8.66. The van der Waals surface area contributed by atoms with Crippen LogP contribution in [0.5, 0.6) is 0 Å². The van der Waals surface area contributed by atoms with Crippen LogP contribution in [0.4, 0.5) is 11.4 Å². The second-order valence-corrected chi connectivity index (χ2v) is 7.16. The van der Waals surface area contributed by atoms with Crippen molar-refractivity contribution in [3.8, 4) is 0 Å². The molecule has 4 rings (SSSR count). The van der Waals surface area contributed by atoms with Crippen molar-refractivity contribution in [3.63, 3.8) is 0 Å². The van der Waals surface area contributed by atoms with Gasteiger partial charge in [0.25, 0.3) is 0 Å². The first kappa shape index (κ1) is 19.5. The van der Waals surface area contributed by atoms with Gasteiger partial charge in [-0.2, -0.15) is 0 Å². The minimum atomic E-state index is -0.454. The van der Waals surface area contributed by atoms with E-state index in [0.717, 1.165) is 18.5 Å². The maximum Gasteiger partial charge on any atom is 0.248 e. The lowest BCUT2D eigenvalue weighted by atomic mass is 10.1. The van der Waals surface area contributed by atoms with E-state index in [1.54, 1.807) is 24.3 Å². The molecule has 0 unspecified atom stereocenters. The Kier molecular flexibility index (Phi) is 5.61. The predicted octanol–water partition coefficient (Wildman–Crippen LogP) is 4.20. The van der Waals surface area contributed by atoms with Crippen LogP contribution in [0.1, 0.15) is 33.5 Å². The summed E-state index contributed by atoms with van der Waals surface area (Å²) in [6, 6.07) is 23.7. The van der Waals surface area contributed by atoms with E-state index in [4.69, 9.17) is 11.5 Å². The van der Waals surface area contributed by atoms with Crippen molar-refractivity contribution >= 4 is 35.3 Å². The number of nitrogens with two attached hydrogens (primary N) is 2.